The van der Waals surface area contributed by atoms with Crippen LogP contribution in [-0.4, -0.2) is 74.7 Å². The monoisotopic (exact) mass is 657 g/mol. The van der Waals surface area contributed by atoms with Crippen molar-refractivity contribution >= 4 is 46.9 Å². The highest BCUT2D eigenvalue weighted by atomic mass is 32.2. The summed E-state index contributed by atoms with van der Waals surface area (Å²) in [5.41, 5.74) is 2.96. The van der Waals surface area contributed by atoms with E-state index in [2.05, 4.69) is 47.2 Å². The molecule has 0 atom stereocenters. The van der Waals surface area contributed by atoms with Crippen molar-refractivity contribution in [3.05, 3.63) is 94.4 Å². The van der Waals surface area contributed by atoms with Gasteiger partial charge in [0, 0.05) is 50.2 Å². The third kappa shape index (κ3) is 8.04. The Hall–Kier alpha value is -5.02. The number of hydrogen-bond acceptors (Lipinski definition) is 10. The van der Waals surface area contributed by atoms with E-state index in [9.17, 15) is 19.2 Å². The lowest BCUT2D eigenvalue weighted by Crippen LogP contribution is -2.43. The Bertz CT molecular complexity index is 1790. The van der Waals surface area contributed by atoms with Crippen LogP contribution in [0.1, 0.15) is 34.5 Å². The second-order valence-electron chi connectivity index (χ2n) is 11.4. The van der Waals surface area contributed by atoms with Gasteiger partial charge in [-0.15, -0.1) is 0 Å². The van der Waals surface area contributed by atoms with Crippen molar-refractivity contribution in [2.75, 3.05) is 31.6 Å². The summed E-state index contributed by atoms with van der Waals surface area (Å²) in [6.07, 6.45) is 6.72. The van der Waals surface area contributed by atoms with E-state index in [1.807, 2.05) is 18.2 Å². The van der Waals surface area contributed by atoms with Gasteiger partial charge in [-0.3, -0.25) is 24.2 Å². The highest BCUT2D eigenvalue weighted by Crippen LogP contribution is 2.23. The molecule has 4 amide bonds. The number of benzene rings is 2. The number of ether oxygens (including phenoxy) is 1. The second-order valence-corrected chi connectivity index (χ2v) is 12.1. The van der Waals surface area contributed by atoms with Crippen molar-refractivity contribution in [1.29, 1.82) is 0 Å². The second kappa shape index (κ2) is 15.0. The van der Waals surface area contributed by atoms with E-state index in [1.165, 1.54) is 34.4 Å². The van der Waals surface area contributed by atoms with Crippen LogP contribution in [0.3, 0.4) is 0 Å². The number of aromatic nitrogens is 4. The number of piperidine rings is 1. The first-order valence-corrected chi connectivity index (χ1v) is 16.3. The molecule has 47 heavy (non-hydrogen) atoms. The largest absolute Gasteiger partial charge is 0.447 e. The molecule has 0 bridgehead atoms. The summed E-state index contributed by atoms with van der Waals surface area (Å²) in [6, 6.07) is 14.8. The molecule has 1 fully saturated rings. The molecule has 15 heteroatoms. The number of nitrogens with one attached hydrogen (secondary N) is 4. The molecule has 14 nitrogen and oxygen atoms in total. The first-order valence-electron chi connectivity index (χ1n) is 15.4. The molecule has 2 aromatic heterocycles. The number of para-hydroxylation sites is 1. The highest BCUT2D eigenvalue weighted by Gasteiger charge is 2.27. The van der Waals surface area contributed by atoms with Gasteiger partial charge >= 0.3 is 12.1 Å². The van der Waals surface area contributed by atoms with Crippen LogP contribution in [0.4, 0.5) is 15.4 Å². The van der Waals surface area contributed by atoms with E-state index < -0.39 is 6.09 Å². The van der Waals surface area contributed by atoms with Crippen molar-refractivity contribution in [2.45, 2.75) is 38.3 Å². The molecule has 4 aromatic rings. The maximum absolute atomic E-state index is 13.1. The molecule has 0 unspecified atom stereocenters. The minimum Gasteiger partial charge on any atom is -0.447 e. The maximum Gasteiger partial charge on any atom is 0.418 e. The fraction of sp³-hybridized carbons (Fsp3) is 0.344. The normalized spacial score (nSPS) is 14.9. The van der Waals surface area contributed by atoms with E-state index in [1.54, 1.807) is 23.1 Å². The van der Waals surface area contributed by atoms with E-state index in [0.717, 1.165) is 37.8 Å². The van der Waals surface area contributed by atoms with Gasteiger partial charge in [0.15, 0.2) is 11.5 Å². The number of hydrogen-bond donors (Lipinski definition) is 4. The Balaban J connectivity index is 0.874. The number of nitrogens with zero attached hydrogens (tertiary/aromatic N) is 5. The van der Waals surface area contributed by atoms with Gasteiger partial charge in [-0.1, -0.05) is 36.4 Å². The van der Waals surface area contributed by atoms with Crippen molar-refractivity contribution in [3.8, 4) is 0 Å². The molecule has 1 aliphatic heterocycles. The number of rotatable bonds is 10. The SMILES string of the molecule is O=C(NSNCC1CCN(C(=O)Nc2nccnc2C(=O)NC2Cc3ccccc3C2)CC1)OCCn1cnc2ccccc2c1=O. The van der Waals surface area contributed by atoms with Crippen molar-refractivity contribution in [3.63, 3.8) is 0 Å². The number of fused-ring (bicyclic) bond motifs is 2. The Morgan fingerprint density at radius 3 is 2.45 bits per heavy atom. The number of amides is 4. The zero-order valence-corrected chi connectivity index (χ0v) is 26.4. The van der Waals surface area contributed by atoms with Crippen molar-refractivity contribution < 1.29 is 19.1 Å². The highest BCUT2D eigenvalue weighted by molar-refractivity contribution is 7.96. The molecular formula is C32H35N9O5S. The third-order valence-corrected chi connectivity index (χ3v) is 8.88. The summed E-state index contributed by atoms with van der Waals surface area (Å²) in [6.45, 7) is 1.89. The van der Waals surface area contributed by atoms with Gasteiger partial charge in [-0.05, 0) is 54.9 Å². The van der Waals surface area contributed by atoms with Crippen LogP contribution < -0.4 is 25.6 Å². The summed E-state index contributed by atoms with van der Waals surface area (Å²) in [4.78, 5) is 65.1. The predicted molar refractivity (Wildman–Crippen MR) is 177 cm³/mol. The molecule has 0 saturated carbocycles. The average molecular weight is 658 g/mol. The number of urea groups is 1. The van der Waals surface area contributed by atoms with Crippen LogP contribution in [0, 0.1) is 5.92 Å². The summed E-state index contributed by atoms with van der Waals surface area (Å²) in [5.74, 6) is 0.0541. The van der Waals surface area contributed by atoms with Crippen LogP contribution in [-0.2, 0) is 24.1 Å². The lowest BCUT2D eigenvalue weighted by atomic mass is 9.97. The Labute approximate surface area is 275 Å². The standard InChI is InChI=1S/C32H35N9O5S/c42-29(37-24-17-22-5-1-2-6-23(22)18-24)27-28(34-12-11-33-27)38-31(44)40-13-9-21(10-14-40)19-36-47-39-32(45)46-16-15-41-20-35-26-8-4-3-7-25(26)30(41)43/h1-8,11-12,20-21,24,36H,9-10,13-19H2,(H,37,42)(H,39,45)(H,34,38,44). The molecule has 1 saturated heterocycles. The van der Waals surface area contributed by atoms with Gasteiger partial charge < -0.3 is 15.0 Å². The molecule has 3 heterocycles. The van der Waals surface area contributed by atoms with Gasteiger partial charge in [-0.2, -0.15) is 0 Å². The number of carbonyl (C=O) groups is 3. The lowest BCUT2D eigenvalue weighted by molar-refractivity contribution is 0.0934. The Morgan fingerprint density at radius 1 is 0.936 bits per heavy atom. The molecule has 2 aromatic carbocycles. The first kappa shape index (κ1) is 31.9. The third-order valence-electron chi connectivity index (χ3n) is 8.30. The van der Waals surface area contributed by atoms with Crippen LogP contribution in [0.2, 0.25) is 0 Å². The van der Waals surface area contributed by atoms with E-state index in [4.69, 9.17) is 4.74 Å². The predicted octanol–water partition coefficient (Wildman–Crippen LogP) is 2.91. The molecule has 0 radical (unpaired) electrons. The van der Waals surface area contributed by atoms with Crippen molar-refractivity contribution in [2.24, 2.45) is 5.92 Å². The lowest BCUT2D eigenvalue weighted by Gasteiger charge is -2.32. The van der Waals surface area contributed by atoms with Crippen LogP contribution >= 0.6 is 12.1 Å². The van der Waals surface area contributed by atoms with Crippen molar-refractivity contribution in [1.82, 2.24) is 39.2 Å². The smallest absolute Gasteiger partial charge is 0.418 e. The Kier molecular flexibility index (Phi) is 10.2. The minimum atomic E-state index is -0.624. The summed E-state index contributed by atoms with van der Waals surface area (Å²) in [7, 11) is 0. The van der Waals surface area contributed by atoms with Gasteiger partial charge in [0.1, 0.15) is 6.61 Å². The van der Waals surface area contributed by atoms with E-state index in [0.29, 0.717) is 36.5 Å². The summed E-state index contributed by atoms with van der Waals surface area (Å²) in [5, 5.41) is 6.31. The quantitative estimate of drug-likeness (QED) is 0.147. The zero-order valence-electron chi connectivity index (χ0n) is 25.6. The first-order chi connectivity index (χ1) is 22.9. The van der Waals surface area contributed by atoms with Crippen LogP contribution in [0.25, 0.3) is 10.9 Å². The van der Waals surface area contributed by atoms with Gasteiger partial charge in [0.05, 0.1) is 23.8 Å². The fourth-order valence-corrected chi connectivity index (χ4v) is 6.33. The van der Waals surface area contributed by atoms with Gasteiger partial charge in [-0.25, -0.2) is 29.3 Å². The van der Waals surface area contributed by atoms with Crippen LogP contribution in [0.5, 0.6) is 0 Å². The molecule has 244 valence electrons. The summed E-state index contributed by atoms with van der Waals surface area (Å²) >= 11 is 1.03. The topological polar surface area (TPSA) is 172 Å². The number of likely N-dealkylation sites (tertiary alicyclic amines) is 1. The average Bonchev–Trinajstić information content (AvgIpc) is 3.50. The Morgan fingerprint density at radius 2 is 1.66 bits per heavy atom. The molecule has 0 spiro atoms. The summed E-state index contributed by atoms with van der Waals surface area (Å²) < 4.78 is 12.3. The number of carbonyl (C=O) groups excluding carboxylic acids is 3. The minimum absolute atomic E-state index is 0.0167. The van der Waals surface area contributed by atoms with Gasteiger partial charge in [0.25, 0.3) is 11.5 Å². The maximum atomic E-state index is 13.1. The zero-order chi connectivity index (χ0) is 32.6. The molecule has 1 aliphatic carbocycles. The molecule has 2 aliphatic rings. The van der Waals surface area contributed by atoms with E-state index >= 15 is 0 Å². The van der Waals surface area contributed by atoms with Gasteiger partial charge in [0.2, 0.25) is 0 Å². The molecule has 4 N–H and O–H groups in total. The molecule has 6 rings (SSSR count). The van der Waals surface area contributed by atoms with Crippen LogP contribution in [0.15, 0.2) is 72.0 Å². The number of anilines is 1. The fourth-order valence-electron chi connectivity index (χ4n) is 5.80. The van der Waals surface area contributed by atoms with E-state index in [-0.39, 0.29) is 48.2 Å². The molecular weight excluding hydrogens is 622 g/mol.